The van der Waals surface area contributed by atoms with E-state index in [1.54, 1.807) is 4.90 Å². The van der Waals surface area contributed by atoms with Gasteiger partial charge in [-0.15, -0.1) is 0 Å². The van der Waals surface area contributed by atoms with Crippen LogP contribution in [0.15, 0.2) is 30.5 Å². The summed E-state index contributed by atoms with van der Waals surface area (Å²) < 4.78 is 24.4. The third-order valence-electron chi connectivity index (χ3n) is 6.22. The number of carbonyl (C=O) groups is 1. The molecule has 0 saturated carbocycles. The Balaban J connectivity index is 1.62. The monoisotopic (exact) mass is 338 g/mol. The number of benzene rings is 1. The number of amides is 1. The molecule has 4 atom stereocenters. The van der Waals surface area contributed by atoms with E-state index in [-0.39, 0.29) is 30.6 Å². The molecular weight excluding hydrogens is 310 g/mol. The van der Waals surface area contributed by atoms with Gasteiger partial charge in [-0.3, -0.25) is 9.69 Å². The van der Waals surface area contributed by atoms with E-state index in [9.17, 15) is 4.79 Å². The maximum absolute atomic E-state index is 13.3. The molecule has 4 nitrogen and oxygen atoms in total. The van der Waals surface area contributed by atoms with Gasteiger partial charge in [0.1, 0.15) is 0 Å². The summed E-state index contributed by atoms with van der Waals surface area (Å²) in [6.45, 7) is 2.13. The van der Waals surface area contributed by atoms with Crippen LogP contribution >= 0.6 is 0 Å². The predicted molar refractivity (Wildman–Crippen MR) is 100 cm³/mol. The summed E-state index contributed by atoms with van der Waals surface area (Å²) in [5.41, 5.74) is 4.25. The highest BCUT2D eigenvalue weighted by Gasteiger charge is 2.41. The van der Waals surface area contributed by atoms with Crippen LogP contribution in [0.5, 0.6) is 0 Å². The number of likely N-dealkylation sites (N-methyl/N-ethyl adjacent to an activating group) is 1. The van der Waals surface area contributed by atoms with Crippen molar-refractivity contribution in [3.63, 3.8) is 0 Å². The fourth-order valence-electron chi connectivity index (χ4n) is 5.03. The number of rotatable bonds is 1. The van der Waals surface area contributed by atoms with Crippen molar-refractivity contribution in [2.45, 2.75) is 44.8 Å². The third-order valence-corrected chi connectivity index (χ3v) is 6.22. The molecule has 25 heavy (non-hydrogen) atoms. The Morgan fingerprint density at radius 3 is 2.92 bits per heavy atom. The van der Waals surface area contributed by atoms with Crippen molar-refractivity contribution in [3.05, 3.63) is 41.6 Å². The van der Waals surface area contributed by atoms with Crippen LogP contribution in [-0.2, 0) is 11.2 Å². The standard InChI is InChI=1S/C21H25N3O/c1-12-7-13(2)24(12)21(25)15-8-17-16-5-4-6-18-20(16)14(10-22-18)9-19(17)23(3)11-15/h4-6,8,10,12-13,15,19,22H,7,9,11H2,1-3H3/t12-,13-,15+,19+/m0/s1/i3D3. The molecule has 1 amide bonds. The number of hydrogen-bond acceptors (Lipinski definition) is 2. The van der Waals surface area contributed by atoms with Crippen molar-refractivity contribution < 1.29 is 8.91 Å². The lowest BCUT2D eigenvalue weighted by molar-refractivity contribution is -0.146. The summed E-state index contributed by atoms with van der Waals surface area (Å²) in [5, 5.41) is 1.16. The van der Waals surface area contributed by atoms with Crippen LogP contribution in [0.1, 0.15) is 35.5 Å². The first-order valence-electron chi connectivity index (χ1n) is 10.7. The van der Waals surface area contributed by atoms with E-state index in [4.69, 9.17) is 4.11 Å². The van der Waals surface area contributed by atoms with Crippen molar-refractivity contribution in [2.75, 3.05) is 13.5 Å². The topological polar surface area (TPSA) is 39.3 Å². The van der Waals surface area contributed by atoms with Crippen molar-refractivity contribution in [1.29, 1.82) is 0 Å². The maximum atomic E-state index is 13.3. The molecule has 1 fully saturated rings. The highest BCUT2D eigenvalue weighted by Crippen LogP contribution is 2.41. The van der Waals surface area contributed by atoms with E-state index < -0.39 is 12.9 Å². The van der Waals surface area contributed by atoms with E-state index in [1.165, 1.54) is 0 Å². The Hall–Kier alpha value is -2.07. The molecule has 1 N–H and O–H groups in total. The van der Waals surface area contributed by atoms with Gasteiger partial charge in [-0.2, -0.15) is 0 Å². The van der Waals surface area contributed by atoms with E-state index in [0.717, 1.165) is 34.0 Å². The van der Waals surface area contributed by atoms with Crippen LogP contribution < -0.4 is 0 Å². The first-order chi connectivity index (χ1) is 13.3. The molecular formula is C21H25N3O. The molecule has 2 aliphatic heterocycles. The number of likely N-dealkylation sites (tertiary alicyclic amines) is 1. The molecule has 5 rings (SSSR count). The van der Waals surface area contributed by atoms with Gasteiger partial charge in [0.25, 0.3) is 0 Å². The molecule has 0 bridgehead atoms. The molecule has 0 spiro atoms. The quantitative estimate of drug-likeness (QED) is 0.868. The highest BCUT2D eigenvalue weighted by atomic mass is 16.2. The molecule has 1 aliphatic carbocycles. The highest BCUT2D eigenvalue weighted by molar-refractivity contribution is 5.99. The molecule has 0 radical (unpaired) electrons. The summed E-state index contributed by atoms with van der Waals surface area (Å²) in [5.74, 6) is -0.369. The number of H-pyrrole nitrogens is 1. The second kappa shape index (κ2) is 5.21. The van der Waals surface area contributed by atoms with Gasteiger partial charge in [-0.05, 0) is 56.4 Å². The molecule has 130 valence electrons. The number of carbonyl (C=O) groups excluding carboxylic acids is 1. The summed E-state index contributed by atoms with van der Waals surface area (Å²) in [6.07, 6.45) is 5.70. The second-order valence-corrected chi connectivity index (χ2v) is 7.82. The van der Waals surface area contributed by atoms with Crippen molar-refractivity contribution in [1.82, 2.24) is 14.8 Å². The van der Waals surface area contributed by atoms with Crippen molar-refractivity contribution in [3.8, 4) is 0 Å². The van der Waals surface area contributed by atoms with E-state index in [2.05, 4.69) is 31.0 Å². The molecule has 2 aromatic rings. The van der Waals surface area contributed by atoms with Gasteiger partial charge < -0.3 is 9.88 Å². The minimum atomic E-state index is -2.24. The van der Waals surface area contributed by atoms with Gasteiger partial charge in [-0.25, -0.2) is 0 Å². The van der Waals surface area contributed by atoms with Gasteiger partial charge >= 0.3 is 0 Å². The Morgan fingerprint density at radius 2 is 2.16 bits per heavy atom. The molecule has 1 saturated heterocycles. The van der Waals surface area contributed by atoms with Gasteiger partial charge in [0.15, 0.2) is 0 Å². The Kier molecular flexibility index (Phi) is 2.57. The normalized spacial score (nSPS) is 33.8. The number of fused-ring (bicyclic) bond motifs is 2. The third kappa shape index (κ3) is 2.07. The summed E-state index contributed by atoms with van der Waals surface area (Å²) in [7, 11) is 0. The van der Waals surface area contributed by atoms with Crippen LogP contribution in [0.25, 0.3) is 16.5 Å². The number of aromatic amines is 1. The average Bonchev–Trinajstić information content (AvgIpc) is 3.04. The van der Waals surface area contributed by atoms with Gasteiger partial charge in [0, 0.05) is 45.9 Å². The van der Waals surface area contributed by atoms with E-state index in [1.807, 2.05) is 23.2 Å². The fourth-order valence-corrected chi connectivity index (χ4v) is 5.03. The average molecular weight is 338 g/mol. The Morgan fingerprint density at radius 1 is 1.32 bits per heavy atom. The zero-order valence-corrected chi connectivity index (χ0v) is 14.6. The second-order valence-electron chi connectivity index (χ2n) is 7.82. The van der Waals surface area contributed by atoms with Gasteiger partial charge in [0.05, 0.1) is 5.92 Å². The zero-order valence-electron chi connectivity index (χ0n) is 17.6. The Bertz CT molecular complexity index is 984. The lowest BCUT2D eigenvalue weighted by Crippen LogP contribution is -2.59. The minimum Gasteiger partial charge on any atom is -0.361 e. The first-order valence-corrected chi connectivity index (χ1v) is 9.15. The summed E-state index contributed by atoms with van der Waals surface area (Å²) in [6, 6.07) is 6.32. The lowest BCUT2D eigenvalue weighted by Gasteiger charge is -2.48. The Labute approximate surface area is 152 Å². The molecule has 3 aliphatic rings. The smallest absolute Gasteiger partial charge is 0.231 e. The summed E-state index contributed by atoms with van der Waals surface area (Å²) >= 11 is 0. The number of aromatic nitrogens is 1. The zero-order chi connectivity index (χ0) is 19.8. The van der Waals surface area contributed by atoms with E-state index in [0.29, 0.717) is 6.42 Å². The molecule has 1 aromatic carbocycles. The van der Waals surface area contributed by atoms with Crippen molar-refractivity contribution in [2.24, 2.45) is 5.92 Å². The van der Waals surface area contributed by atoms with Crippen LogP contribution in [0, 0.1) is 5.92 Å². The van der Waals surface area contributed by atoms with Gasteiger partial charge in [0.2, 0.25) is 5.91 Å². The van der Waals surface area contributed by atoms with E-state index >= 15 is 0 Å². The van der Waals surface area contributed by atoms with Crippen molar-refractivity contribution >= 4 is 22.4 Å². The minimum absolute atomic E-state index is 0.0542. The first kappa shape index (κ1) is 12.3. The SMILES string of the molecule is [2H]C([2H])([2H])N1C[C@H](C(=O)N2[C@@H](C)C[C@@H]2C)C=C2c3cccc4[nH]cc(c34)C[C@H]21. The predicted octanol–water partition coefficient (Wildman–Crippen LogP) is 3.05. The van der Waals surface area contributed by atoms with Crippen LogP contribution in [0.2, 0.25) is 0 Å². The largest absolute Gasteiger partial charge is 0.361 e. The van der Waals surface area contributed by atoms with Crippen LogP contribution in [0.3, 0.4) is 0 Å². The number of nitrogens with one attached hydrogen (secondary N) is 1. The van der Waals surface area contributed by atoms with Crippen LogP contribution in [0.4, 0.5) is 0 Å². The molecule has 1 aromatic heterocycles. The number of nitrogens with zero attached hydrogens (tertiary/aromatic N) is 2. The molecule has 0 unspecified atom stereocenters. The van der Waals surface area contributed by atoms with Gasteiger partial charge in [-0.1, -0.05) is 18.2 Å². The lowest BCUT2D eigenvalue weighted by atomic mass is 9.79. The number of hydrogen-bond donors (Lipinski definition) is 1. The molecule has 4 heteroatoms. The maximum Gasteiger partial charge on any atom is 0.231 e. The molecule has 3 heterocycles. The van der Waals surface area contributed by atoms with Crippen LogP contribution in [-0.4, -0.2) is 52.3 Å². The summed E-state index contributed by atoms with van der Waals surface area (Å²) in [4.78, 5) is 20.0. The fraction of sp³-hybridized carbons (Fsp3) is 0.476.